The third-order valence-corrected chi connectivity index (χ3v) is 3.53. The van der Waals surface area contributed by atoms with Crippen LogP contribution >= 0.6 is 11.6 Å². The van der Waals surface area contributed by atoms with E-state index >= 15 is 0 Å². The predicted octanol–water partition coefficient (Wildman–Crippen LogP) is 3.84. The molecule has 1 aromatic carbocycles. The lowest BCUT2D eigenvalue weighted by atomic mass is 10.1. The first kappa shape index (κ1) is 13.5. The van der Waals surface area contributed by atoms with Crippen molar-refractivity contribution in [2.45, 2.75) is 6.92 Å². The third kappa shape index (κ3) is 2.58. The number of amides is 1. The molecule has 4 nitrogen and oxygen atoms in total. The van der Waals surface area contributed by atoms with Crippen LogP contribution in [-0.4, -0.2) is 15.9 Å². The van der Waals surface area contributed by atoms with E-state index in [-0.39, 0.29) is 11.1 Å². The Morgan fingerprint density at radius 2 is 1.95 bits per heavy atom. The molecule has 21 heavy (non-hydrogen) atoms. The minimum Gasteiger partial charge on any atom is -0.319 e. The second kappa shape index (κ2) is 5.50. The van der Waals surface area contributed by atoms with Gasteiger partial charge in [0.15, 0.2) is 5.15 Å². The number of carbonyl (C=O) groups is 1. The van der Waals surface area contributed by atoms with Gasteiger partial charge in [0.25, 0.3) is 5.91 Å². The molecule has 0 bridgehead atoms. The molecule has 1 N–H and O–H groups in total. The fourth-order valence-electron chi connectivity index (χ4n) is 2.16. The molecule has 2 aromatic heterocycles. The minimum atomic E-state index is -0.230. The summed E-state index contributed by atoms with van der Waals surface area (Å²) in [4.78, 5) is 20.7. The maximum absolute atomic E-state index is 12.5. The van der Waals surface area contributed by atoms with E-state index in [1.165, 1.54) is 0 Å². The van der Waals surface area contributed by atoms with Crippen molar-refractivity contribution in [3.8, 4) is 0 Å². The van der Waals surface area contributed by atoms with E-state index in [0.29, 0.717) is 11.3 Å². The zero-order valence-electron chi connectivity index (χ0n) is 11.3. The van der Waals surface area contributed by atoms with E-state index in [4.69, 9.17) is 11.6 Å². The summed E-state index contributed by atoms with van der Waals surface area (Å²) in [5.74, 6) is -0.230. The van der Waals surface area contributed by atoms with Gasteiger partial charge in [-0.25, -0.2) is 4.98 Å². The first-order valence-electron chi connectivity index (χ1n) is 6.43. The average Bonchev–Trinajstić information content (AvgIpc) is 2.50. The molecule has 0 fully saturated rings. The van der Waals surface area contributed by atoms with Gasteiger partial charge in [0.2, 0.25) is 0 Å². The van der Waals surface area contributed by atoms with Crippen LogP contribution in [0.3, 0.4) is 0 Å². The van der Waals surface area contributed by atoms with Crippen LogP contribution in [0.1, 0.15) is 15.9 Å². The van der Waals surface area contributed by atoms with Crippen LogP contribution in [0.2, 0.25) is 5.15 Å². The lowest BCUT2D eigenvalue weighted by molar-refractivity contribution is 0.102. The Balaban J connectivity index is 2.02. The van der Waals surface area contributed by atoms with Crippen molar-refractivity contribution < 1.29 is 4.79 Å². The standard InChI is InChI=1S/C16H12ClN3O/c1-10-7-9-19-15(17)14(10)20-16(21)12-4-2-6-13-11(12)5-3-8-18-13/h2-9H,1H3,(H,20,21). The van der Waals surface area contributed by atoms with Crippen molar-refractivity contribution in [3.05, 3.63) is 65.1 Å². The van der Waals surface area contributed by atoms with Gasteiger partial charge < -0.3 is 5.32 Å². The van der Waals surface area contributed by atoms with Crippen LogP contribution in [0.15, 0.2) is 48.8 Å². The number of aryl methyl sites for hydroxylation is 1. The van der Waals surface area contributed by atoms with Crippen LogP contribution < -0.4 is 5.32 Å². The molecule has 0 saturated carbocycles. The predicted molar refractivity (Wildman–Crippen MR) is 83.7 cm³/mol. The van der Waals surface area contributed by atoms with Gasteiger partial charge in [0.1, 0.15) is 0 Å². The fourth-order valence-corrected chi connectivity index (χ4v) is 2.41. The molecule has 0 aliphatic heterocycles. The number of hydrogen-bond donors (Lipinski definition) is 1. The van der Waals surface area contributed by atoms with E-state index in [9.17, 15) is 4.79 Å². The molecule has 0 atom stereocenters. The number of fused-ring (bicyclic) bond motifs is 1. The molecule has 0 aliphatic rings. The Morgan fingerprint density at radius 3 is 2.76 bits per heavy atom. The summed E-state index contributed by atoms with van der Waals surface area (Å²) < 4.78 is 0. The summed E-state index contributed by atoms with van der Waals surface area (Å²) in [7, 11) is 0. The van der Waals surface area contributed by atoms with Gasteiger partial charge in [-0.15, -0.1) is 0 Å². The number of nitrogens with zero attached hydrogens (tertiary/aromatic N) is 2. The van der Waals surface area contributed by atoms with Gasteiger partial charge in [-0.1, -0.05) is 23.7 Å². The number of nitrogens with one attached hydrogen (secondary N) is 1. The largest absolute Gasteiger partial charge is 0.319 e. The van der Waals surface area contributed by atoms with Gasteiger partial charge in [-0.2, -0.15) is 0 Å². The van der Waals surface area contributed by atoms with Crippen molar-refractivity contribution in [1.82, 2.24) is 9.97 Å². The molecule has 5 heteroatoms. The number of rotatable bonds is 2. The molecule has 0 aliphatic carbocycles. The summed E-state index contributed by atoms with van der Waals surface area (Å²) in [5, 5.41) is 3.91. The van der Waals surface area contributed by atoms with E-state index in [2.05, 4.69) is 15.3 Å². The van der Waals surface area contributed by atoms with Crippen molar-refractivity contribution in [2.24, 2.45) is 0 Å². The van der Waals surface area contributed by atoms with E-state index in [1.807, 2.05) is 25.1 Å². The first-order valence-corrected chi connectivity index (χ1v) is 6.81. The maximum Gasteiger partial charge on any atom is 0.256 e. The fraction of sp³-hybridized carbons (Fsp3) is 0.0625. The monoisotopic (exact) mass is 297 g/mol. The molecule has 2 heterocycles. The maximum atomic E-state index is 12.5. The van der Waals surface area contributed by atoms with Crippen LogP contribution in [0.4, 0.5) is 5.69 Å². The highest BCUT2D eigenvalue weighted by Crippen LogP contribution is 2.24. The highest BCUT2D eigenvalue weighted by molar-refractivity contribution is 6.33. The summed E-state index contributed by atoms with van der Waals surface area (Å²) >= 11 is 6.04. The molecule has 1 amide bonds. The molecule has 0 saturated heterocycles. The second-order valence-electron chi connectivity index (χ2n) is 4.62. The molecule has 3 aromatic rings. The number of halogens is 1. The highest BCUT2D eigenvalue weighted by atomic mass is 35.5. The van der Waals surface area contributed by atoms with Gasteiger partial charge in [-0.3, -0.25) is 9.78 Å². The second-order valence-corrected chi connectivity index (χ2v) is 4.98. The zero-order valence-corrected chi connectivity index (χ0v) is 12.1. The SMILES string of the molecule is Cc1ccnc(Cl)c1NC(=O)c1cccc2ncccc12. The smallest absolute Gasteiger partial charge is 0.256 e. The summed E-state index contributed by atoms with van der Waals surface area (Å²) in [6, 6.07) is 10.9. The Bertz CT molecular complexity index is 807. The number of hydrogen-bond acceptors (Lipinski definition) is 3. The van der Waals surface area contributed by atoms with E-state index in [0.717, 1.165) is 16.5 Å². The lowest BCUT2D eigenvalue weighted by Gasteiger charge is -2.10. The topological polar surface area (TPSA) is 54.9 Å². The molecule has 0 spiro atoms. The quantitative estimate of drug-likeness (QED) is 0.731. The number of carbonyl (C=O) groups excluding carboxylic acids is 1. The molecular weight excluding hydrogens is 286 g/mol. The number of aromatic nitrogens is 2. The van der Waals surface area contributed by atoms with Crippen LogP contribution in [0.5, 0.6) is 0 Å². The first-order chi connectivity index (χ1) is 10.2. The van der Waals surface area contributed by atoms with Crippen molar-refractivity contribution in [2.75, 3.05) is 5.32 Å². The Labute approximate surface area is 126 Å². The Morgan fingerprint density at radius 1 is 1.10 bits per heavy atom. The molecule has 104 valence electrons. The Kier molecular flexibility index (Phi) is 3.54. The van der Waals surface area contributed by atoms with Gasteiger partial charge in [0, 0.05) is 23.3 Å². The van der Waals surface area contributed by atoms with Crippen molar-refractivity contribution in [3.63, 3.8) is 0 Å². The third-order valence-electron chi connectivity index (χ3n) is 3.24. The van der Waals surface area contributed by atoms with Gasteiger partial charge >= 0.3 is 0 Å². The van der Waals surface area contributed by atoms with Crippen molar-refractivity contribution in [1.29, 1.82) is 0 Å². The zero-order chi connectivity index (χ0) is 14.8. The van der Waals surface area contributed by atoms with E-state index < -0.39 is 0 Å². The molecule has 0 radical (unpaired) electrons. The molecular formula is C16H12ClN3O. The number of pyridine rings is 2. The lowest BCUT2D eigenvalue weighted by Crippen LogP contribution is -2.14. The molecule has 3 rings (SSSR count). The van der Waals surface area contributed by atoms with Crippen LogP contribution in [0.25, 0.3) is 10.9 Å². The molecule has 0 unspecified atom stereocenters. The van der Waals surface area contributed by atoms with Crippen molar-refractivity contribution >= 4 is 34.1 Å². The number of benzene rings is 1. The van der Waals surface area contributed by atoms with E-state index in [1.54, 1.807) is 30.6 Å². The van der Waals surface area contributed by atoms with Crippen LogP contribution in [-0.2, 0) is 0 Å². The highest BCUT2D eigenvalue weighted by Gasteiger charge is 2.13. The van der Waals surface area contributed by atoms with Crippen LogP contribution in [0, 0.1) is 6.92 Å². The summed E-state index contributed by atoms with van der Waals surface area (Å²) in [6.07, 6.45) is 3.31. The average molecular weight is 298 g/mol. The Hall–Kier alpha value is -2.46. The van der Waals surface area contributed by atoms with Gasteiger partial charge in [-0.05, 0) is 36.8 Å². The minimum absolute atomic E-state index is 0.230. The normalized spacial score (nSPS) is 10.6. The van der Waals surface area contributed by atoms with Gasteiger partial charge in [0.05, 0.1) is 11.2 Å². The summed E-state index contributed by atoms with van der Waals surface area (Å²) in [5.41, 5.74) is 2.73. The number of anilines is 1. The summed E-state index contributed by atoms with van der Waals surface area (Å²) in [6.45, 7) is 1.87.